The van der Waals surface area contributed by atoms with E-state index < -0.39 is 23.1 Å². The van der Waals surface area contributed by atoms with Crippen LogP contribution in [0.25, 0.3) is 0 Å². The minimum absolute atomic E-state index is 0.1000. The monoisotopic (exact) mass is 345 g/mol. The van der Waals surface area contributed by atoms with Crippen LogP contribution in [-0.2, 0) is 9.53 Å². The van der Waals surface area contributed by atoms with E-state index in [-0.39, 0.29) is 23.6 Å². The van der Waals surface area contributed by atoms with Crippen LogP contribution >= 0.6 is 15.9 Å². The van der Waals surface area contributed by atoms with Gasteiger partial charge in [0.15, 0.2) is 6.10 Å². The lowest BCUT2D eigenvalue weighted by Gasteiger charge is -2.16. The van der Waals surface area contributed by atoms with Gasteiger partial charge in [0, 0.05) is 22.5 Å². The summed E-state index contributed by atoms with van der Waals surface area (Å²) in [6.45, 7) is 1.68. The average Bonchev–Trinajstić information content (AvgIpc) is 2.76. The van der Waals surface area contributed by atoms with Crippen LogP contribution in [0.15, 0.2) is 16.6 Å². The minimum atomic E-state index is -0.973. The van der Waals surface area contributed by atoms with E-state index in [4.69, 9.17) is 9.47 Å². The zero-order valence-electron chi connectivity index (χ0n) is 10.5. The average molecular weight is 346 g/mol. The number of cyclic esters (lactones) is 1. The minimum Gasteiger partial charge on any atom is -0.471 e. The number of nitrogens with zero attached hydrogens (tertiary/aromatic N) is 1. The van der Waals surface area contributed by atoms with Crippen LogP contribution in [0, 0.1) is 10.1 Å². The van der Waals surface area contributed by atoms with Gasteiger partial charge in [-0.2, -0.15) is 0 Å². The van der Waals surface area contributed by atoms with Crippen molar-refractivity contribution in [3.05, 3.63) is 32.3 Å². The van der Waals surface area contributed by atoms with E-state index in [9.17, 15) is 20.0 Å². The van der Waals surface area contributed by atoms with Crippen LogP contribution in [0.1, 0.15) is 25.0 Å². The third-order valence-electron chi connectivity index (χ3n) is 2.86. The molecule has 1 unspecified atom stereocenters. The predicted molar refractivity (Wildman–Crippen MR) is 71.4 cm³/mol. The maximum atomic E-state index is 11.4. The van der Waals surface area contributed by atoms with Crippen LogP contribution < -0.4 is 4.74 Å². The largest absolute Gasteiger partial charge is 0.471 e. The number of ether oxygens (including phenoxy) is 2. The normalized spacial score (nSPS) is 19.6. The van der Waals surface area contributed by atoms with Crippen molar-refractivity contribution in [1.29, 1.82) is 0 Å². The molecule has 1 aliphatic rings. The van der Waals surface area contributed by atoms with Gasteiger partial charge in [-0.1, -0.05) is 15.9 Å². The molecule has 1 fully saturated rings. The molecule has 0 saturated carbocycles. The lowest BCUT2D eigenvalue weighted by atomic mass is 10.1. The molecule has 1 heterocycles. The fourth-order valence-corrected chi connectivity index (χ4v) is 2.36. The van der Waals surface area contributed by atoms with Gasteiger partial charge in [-0.15, -0.1) is 0 Å². The van der Waals surface area contributed by atoms with Crippen LogP contribution in [-0.4, -0.2) is 28.7 Å². The smallest absolute Gasteiger partial charge is 0.347 e. The van der Waals surface area contributed by atoms with E-state index in [1.54, 1.807) is 0 Å². The summed E-state index contributed by atoms with van der Waals surface area (Å²) in [7, 11) is 0. The number of hydrogen-bond acceptors (Lipinski definition) is 6. The molecule has 0 aromatic heterocycles. The number of benzene rings is 1. The van der Waals surface area contributed by atoms with Crippen molar-refractivity contribution in [3.63, 3.8) is 0 Å². The third-order valence-corrected chi connectivity index (χ3v) is 3.31. The number of esters is 1. The molecule has 2 rings (SSSR count). The highest BCUT2D eigenvalue weighted by atomic mass is 79.9. The maximum Gasteiger partial charge on any atom is 0.347 e. The SMILES string of the molecule is C[C@H](O)c1cc(Br)cc([N+](=O)[O-])c1OC1CCOC1=O. The Labute approximate surface area is 122 Å². The topological polar surface area (TPSA) is 98.9 Å². The molecule has 1 N–H and O–H groups in total. The maximum absolute atomic E-state index is 11.4. The summed E-state index contributed by atoms with van der Waals surface area (Å²) in [5.74, 6) is -0.657. The number of aliphatic hydroxyl groups is 1. The zero-order chi connectivity index (χ0) is 14.9. The second-order valence-electron chi connectivity index (χ2n) is 4.34. The highest BCUT2D eigenvalue weighted by Gasteiger charge is 2.33. The Morgan fingerprint density at radius 3 is 2.80 bits per heavy atom. The molecule has 0 spiro atoms. The lowest BCUT2D eigenvalue weighted by Crippen LogP contribution is -2.23. The highest BCUT2D eigenvalue weighted by Crippen LogP contribution is 2.39. The van der Waals surface area contributed by atoms with Crippen molar-refractivity contribution < 1.29 is 24.3 Å². The van der Waals surface area contributed by atoms with Gasteiger partial charge in [0.05, 0.1) is 17.6 Å². The molecule has 1 aromatic rings. The Morgan fingerprint density at radius 2 is 2.30 bits per heavy atom. The Balaban J connectivity index is 2.47. The van der Waals surface area contributed by atoms with Crippen LogP contribution in [0.5, 0.6) is 5.75 Å². The van der Waals surface area contributed by atoms with E-state index in [1.165, 1.54) is 19.1 Å². The molecule has 7 nitrogen and oxygen atoms in total. The fraction of sp³-hybridized carbons (Fsp3) is 0.417. The molecule has 20 heavy (non-hydrogen) atoms. The summed E-state index contributed by atoms with van der Waals surface area (Å²) in [5, 5.41) is 20.8. The van der Waals surface area contributed by atoms with Crippen LogP contribution in [0.4, 0.5) is 5.69 Å². The van der Waals surface area contributed by atoms with Gasteiger partial charge in [0.25, 0.3) is 0 Å². The number of carbonyl (C=O) groups excluding carboxylic acids is 1. The number of nitro benzene ring substituents is 1. The van der Waals surface area contributed by atoms with Crippen molar-refractivity contribution in [3.8, 4) is 5.75 Å². The predicted octanol–water partition coefficient (Wildman–Crippen LogP) is 2.10. The molecule has 1 aromatic carbocycles. The molecular weight excluding hydrogens is 334 g/mol. The summed E-state index contributed by atoms with van der Waals surface area (Å²) < 4.78 is 10.6. The van der Waals surface area contributed by atoms with Gasteiger partial charge in [-0.05, 0) is 13.0 Å². The van der Waals surface area contributed by atoms with Crippen LogP contribution in [0.2, 0.25) is 0 Å². The molecule has 0 amide bonds. The number of halogens is 1. The third kappa shape index (κ3) is 2.91. The molecular formula is C12H12BrNO6. The first kappa shape index (κ1) is 14.7. The molecule has 8 heteroatoms. The Kier molecular flexibility index (Phi) is 4.24. The van der Waals surface area contributed by atoms with Crippen molar-refractivity contribution in [2.75, 3.05) is 6.61 Å². The van der Waals surface area contributed by atoms with E-state index in [2.05, 4.69) is 15.9 Å². The van der Waals surface area contributed by atoms with Crippen molar-refractivity contribution >= 4 is 27.6 Å². The lowest BCUT2D eigenvalue weighted by molar-refractivity contribution is -0.386. The van der Waals surface area contributed by atoms with Crippen molar-refractivity contribution in [2.24, 2.45) is 0 Å². The van der Waals surface area contributed by atoms with Gasteiger partial charge >= 0.3 is 11.7 Å². The van der Waals surface area contributed by atoms with Gasteiger partial charge in [-0.25, -0.2) is 4.79 Å². The first-order chi connectivity index (χ1) is 9.40. The molecule has 1 aliphatic heterocycles. The fourth-order valence-electron chi connectivity index (χ4n) is 1.90. The molecule has 108 valence electrons. The number of rotatable bonds is 4. The first-order valence-electron chi connectivity index (χ1n) is 5.89. The van der Waals surface area contributed by atoms with Gasteiger partial charge in [-0.3, -0.25) is 10.1 Å². The zero-order valence-corrected chi connectivity index (χ0v) is 12.1. The molecule has 2 atom stereocenters. The second-order valence-corrected chi connectivity index (χ2v) is 5.25. The molecule has 1 saturated heterocycles. The standard InChI is InChI=1S/C12H12BrNO6/c1-6(15)8-4-7(13)5-9(14(17)18)11(8)20-10-2-3-19-12(10)16/h4-6,10,15H,2-3H2,1H3/t6-,10?/m0/s1. The quantitative estimate of drug-likeness (QED) is 0.509. The number of aliphatic hydroxyl groups excluding tert-OH is 1. The van der Waals surface area contributed by atoms with E-state index in [0.717, 1.165) is 0 Å². The highest BCUT2D eigenvalue weighted by molar-refractivity contribution is 9.10. The summed E-state index contributed by atoms with van der Waals surface area (Å²) in [6.07, 6.45) is -1.53. The van der Waals surface area contributed by atoms with Gasteiger partial charge in [0.1, 0.15) is 0 Å². The van der Waals surface area contributed by atoms with Crippen LogP contribution in [0.3, 0.4) is 0 Å². The molecule has 0 radical (unpaired) electrons. The Morgan fingerprint density at radius 1 is 1.60 bits per heavy atom. The van der Waals surface area contributed by atoms with Crippen molar-refractivity contribution in [1.82, 2.24) is 0 Å². The summed E-state index contributed by atoms with van der Waals surface area (Å²) in [5.41, 5.74) is -0.0687. The van der Waals surface area contributed by atoms with Gasteiger partial charge < -0.3 is 14.6 Å². The molecule has 0 bridgehead atoms. The number of carbonyl (C=O) groups is 1. The van der Waals surface area contributed by atoms with E-state index in [1.807, 2.05) is 0 Å². The Hall–Kier alpha value is -1.67. The summed E-state index contributed by atoms with van der Waals surface area (Å²) in [6, 6.07) is 2.79. The van der Waals surface area contributed by atoms with Crippen molar-refractivity contribution in [2.45, 2.75) is 25.6 Å². The second kappa shape index (κ2) is 5.76. The number of nitro groups is 1. The molecule has 0 aliphatic carbocycles. The Bertz CT molecular complexity index is 559. The van der Waals surface area contributed by atoms with E-state index >= 15 is 0 Å². The number of hydrogen-bond donors (Lipinski definition) is 1. The summed E-state index contributed by atoms with van der Waals surface area (Å²) >= 11 is 3.15. The first-order valence-corrected chi connectivity index (χ1v) is 6.68. The van der Waals surface area contributed by atoms with Gasteiger partial charge in [0.2, 0.25) is 5.75 Å². The summed E-state index contributed by atoms with van der Waals surface area (Å²) in [4.78, 5) is 21.9. The van der Waals surface area contributed by atoms with E-state index in [0.29, 0.717) is 10.9 Å².